The van der Waals surface area contributed by atoms with Crippen LogP contribution in [0.1, 0.15) is 21.5 Å². The Labute approximate surface area is 128 Å². The van der Waals surface area contributed by atoms with Crippen molar-refractivity contribution in [1.29, 1.82) is 0 Å². The van der Waals surface area contributed by atoms with Gasteiger partial charge in [-0.1, -0.05) is 12.1 Å². The first-order chi connectivity index (χ1) is 10.1. The van der Waals surface area contributed by atoms with Crippen molar-refractivity contribution in [2.45, 2.75) is 11.3 Å². The fourth-order valence-electron chi connectivity index (χ4n) is 2.60. The summed E-state index contributed by atoms with van der Waals surface area (Å²) in [6, 6.07) is 13.1. The van der Waals surface area contributed by atoms with Gasteiger partial charge < -0.3 is 4.90 Å². The Kier molecular flexibility index (Phi) is 3.55. The van der Waals surface area contributed by atoms with Gasteiger partial charge in [-0.3, -0.25) is 9.59 Å². The number of nitrogens with zero attached hydrogens (tertiary/aromatic N) is 1. The molecule has 0 spiro atoms. The highest BCUT2D eigenvalue weighted by atomic mass is 32.2. The van der Waals surface area contributed by atoms with E-state index in [-0.39, 0.29) is 11.7 Å². The second kappa shape index (κ2) is 5.37. The first-order valence-corrected chi connectivity index (χ1v) is 7.91. The summed E-state index contributed by atoms with van der Waals surface area (Å²) in [5.74, 6) is 0.0730. The average Bonchev–Trinajstić information content (AvgIpc) is 2.80. The fraction of sp³-hybridized carbons (Fsp3) is 0.176. The Morgan fingerprint density at radius 1 is 1.19 bits per heavy atom. The second-order valence-electron chi connectivity index (χ2n) is 5.00. The Morgan fingerprint density at radius 3 is 2.71 bits per heavy atom. The molecule has 21 heavy (non-hydrogen) atoms. The molecular formula is C17H15NO2S. The lowest BCUT2D eigenvalue weighted by molar-refractivity contribution is -0.117. The molecule has 3 rings (SSSR count). The van der Waals surface area contributed by atoms with Crippen molar-refractivity contribution in [2.24, 2.45) is 0 Å². The minimum atomic E-state index is 0.00440. The van der Waals surface area contributed by atoms with Gasteiger partial charge in [-0.25, -0.2) is 0 Å². The number of thioether (sulfide) groups is 1. The van der Waals surface area contributed by atoms with Gasteiger partial charge in [-0.15, -0.1) is 11.8 Å². The molecule has 2 aromatic rings. The topological polar surface area (TPSA) is 37.4 Å². The van der Waals surface area contributed by atoms with Gasteiger partial charge in [-0.05, 0) is 42.2 Å². The van der Waals surface area contributed by atoms with Crippen LogP contribution in [0.2, 0.25) is 0 Å². The van der Waals surface area contributed by atoms with Crippen molar-refractivity contribution in [1.82, 2.24) is 0 Å². The first kappa shape index (κ1) is 13.9. The van der Waals surface area contributed by atoms with Crippen molar-refractivity contribution in [3.63, 3.8) is 0 Å². The van der Waals surface area contributed by atoms with E-state index in [1.807, 2.05) is 42.7 Å². The zero-order chi connectivity index (χ0) is 15.0. The lowest BCUT2D eigenvalue weighted by Gasteiger charge is -2.11. The molecule has 4 heteroatoms. The predicted octanol–water partition coefficient (Wildman–Crippen LogP) is 3.16. The van der Waals surface area contributed by atoms with Crippen molar-refractivity contribution >= 4 is 29.1 Å². The molecule has 3 nitrogen and oxygen atoms in total. The summed E-state index contributed by atoms with van der Waals surface area (Å²) in [5.41, 5.74) is 3.17. The van der Waals surface area contributed by atoms with Gasteiger partial charge in [0.15, 0.2) is 5.78 Å². The number of amides is 1. The maximum Gasteiger partial charge on any atom is 0.231 e. The van der Waals surface area contributed by atoms with E-state index in [0.29, 0.717) is 17.5 Å². The van der Waals surface area contributed by atoms with Crippen LogP contribution < -0.4 is 4.90 Å². The predicted molar refractivity (Wildman–Crippen MR) is 85.2 cm³/mol. The number of anilines is 1. The van der Waals surface area contributed by atoms with E-state index in [9.17, 15) is 9.59 Å². The van der Waals surface area contributed by atoms with E-state index in [1.165, 1.54) is 0 Å². The average molecular weight is 297 g/mol. The summed E-state index contributed by atoms with van der Waals surface area (Å²) in [6.07, 6.45) is 2.33. The van der Waals surface area contributed by atoms with Gasteiger partial charge in [0, 0.05) is 28.8 Å². The third-order valence-electron chi connectivity index (χ3n) is 3.77. The molecule has 1 aliphatic heterocycles. The van der Waals surface area contributed by atoms with Crippen LogP contribution in [0.4, 0.5) is 5.69 Å². The molecule has 0 saturated carbocycles. The number of carbonyl (C=O) groups excluding carboxylic acids is 2. The lowest BCUT2D eigenvalue weighted by Crippen LogP contribution is -2.20. The Balaban J connectivity index is 2.00. The van der Waals surface area contributed by atoms with Crippen LogP contribution in [0.15, 0.2) is 47.4 Å². The molecule has 0 N–H and O–H groups in total. The van der Waals surface area contributed by atoms with E-state index in [1.54, 1.807) is 29.8 Å². The number of hydrogen-bond donors (Lipinski definition) is 0. The Hall–Kier alpha value is -2.07. The molecule has 0 aromatic heterocycles. The van der Waals surface area contributed by atoms with E-state index in [4.69, 9.17) is 0 Å². The molecule has 0 atom stereocenters. The highest BCUT2D eigenvalue weighted by Gasteiger charge is 2.25. The summed E-state index contributed by atoms with van der Waals surface area (Å²) in [4.78, 5) is 27.0. The molecule has 106 valence electrons. The quantitative estimate of drug-likeness (QED) is 0.645. The van der Waals surface area contributed by atoms with Crippen LogP contribution in [-0.4, -0.2) is 25.0 Å². The van der Waals surface area contributed by atoms with Crippen molar-refractivity contribution in [3.8, 4) is 0 Å². The SMILES string of the molecule is CSc1ccccc1C(=O)c1ccc2c(c1)CC(=O)N2C. The summed E-state index contributed by atoms with van der Waals surface area (Å²) < 4.78 is 0. The summed E-state index contributed by atoms with van der Waals surface area (Å²) in [7, 11) is 1.76. The lowest BCUT2D eigenvalue weighted by atomic mass is 10.00. The zero-order valence-electron chi connectivity index (χ0n) is 11.9. The van der Waals surface area contributed by atoms with Crippen LogP contribution in [0.5, 0.6) is 0 Å². The van der Waals surface area contributed by atoms with E-state index in [2.05, 4.69) is 0 Å². The molecule has 1 amide bonds. The zero-order valence-corrected chi connectivity index (χ0v) is 12.7. The second-order valence-corrected chi connectivity index (χ2v) is 5.85. The molecule has 0 fully saturated rings. The molecule has 1 aliphatic rings. The molecule has 1 heterocycles. The molecular weight excluding hydrogens is 282 g/mol. The standard InChI is InChI=1S/C17H15NO2S/c1-18-14-8-7-11(9-12(14)10-16(18)19)17(20)13-5-3-4-6-15(13)21-2/h3-9H,10H2,1-2H3. The smallest absolute Gasteiger partial charge is 0.231 e. The van der Waals surface area contributed by atoms with Gasteiger partial charge in [0.25, 0.3) is 0 Å². The van der Waals surface area contributed by atoms with Gasteiger partial charge in [-0.2, -0.15) is 0 Å². The van der Waals surface area contributed by atoms with Gasteiger partial charge in [0.05, 0.1) is 6.42 Å². The fourth-order valence-corrected chi connectivity index (χ4v) is 3.19. The monoisotopic (exact) mass is 297 g/mol. The number of carbonyl (C=O) groups is 2. The Morgan fingerprint density at radius 2 is 1.95 bits per heavy atom. The van der Waals surface area contributed by atoms with Crippen molar-refractivity contribution < 1.29 is 9.59 Å². The molecule has 2 aromatic carbocycles. The van der Waals surface area contributed by atoms with Crippen molar-refractivity contribution in [2.75, 3.05) is 18.2 Å². The third kappa shape index (κ3) is 2.36. The molecule has 0 saturated heterocycles. The minimum Gasteiger partial charge on any atom is -0.315 e. The van der Waals surface area contributed by atoms with Crippen LogP contribution in [0.3, 0.4) is 0 Å². The van der Waals surface area contributed by atoms with Crippen LogP contribution in [0, 0.1) is 0 Å². The summed E-state index contributed by atoms with van der Waals surface area (Å²) in [5, 5.41) is 0. The minimum absolute atomic E-state index is 0.00440. The number of hydrogen-bond acceptors (Lipinski definition) is 3. The summed E-state index contributed by atoms with van der Waals surface area (Å²) >= 11 is 1.56. The molecule has 0 radical (unpaired) electrons. The molecule has 0 unspecified atom stereocenters. The van der Waals surface area contributed by atoms with Gasteiger partial charge in [0.1, 0.15) is 0 Å². The molecule has 0 bridgehead atoms. The van der Waals surface area contributed by atoms with E-state index < -0.39 is 0 Å². The highest BCUT2D eigenvalue weighted by Crippen LogP contribution is 2.30. The number of likely N-dealkylation sites (N-methyl/N-ethyl adjacent to an activating group) is 1. The van der Waals surface area contributed by atoms with E-state index in [0.717, 1.165) is 16.1 Å². The van der Waals surface area contributed by atoms with Gasteiger partial charge in [0.2, 0.25) is 5.91 Å². The molecule has 0 aliphatic carbocycles. The highest BCUT2D eigenvalue weighted by molar-refractivity contribution is 7.98. The summed E-state index contributed by atoms with van der Waals surface area (Å²) in [6.45, 7) is 0. The van der Waals surface area contributed by atoms with Crippen molar-refractivity contribution in [3.05, 3.63) is 59.2 Å². The van der Waals surface area contributed by atoms with Crippen LogP contribution in [0.25, 0.3) is 0 Å². The Bertz CT molecular complexity index is 739. The third-order valence-corrected chi connectivity index (χ3v) is 4.57. The number of benzene rings is 2. The van der Waals surface area contributed by atoms with E-state index >= 15 is 0 Å². The first-order valence-electron chi connectivity index (χ1n) is 6.69. The number of fused-ring (bicyclic) bond motifs is 1. The number of ketones is 1. The largest absolute Gasteiger partial charge is 0.315 e. The van der Waals surface area contributed by atoms with Crippen LogP contribution in [-0.2, 0) is 11.2 Å². The van der Waals surface area contributed by atoms with Crippen LogP contribution >= 0.6 is 11.8 Å². The van der Waals surface area contributed by atoms with Gasteiger partial charge >= 0.3 is 0 Å². The maximum atomic E-state index is 12.7. The maximum absolute atomic E-state index is 12.7. The normalized spacial score (nSPS) is 13.4. The number of rotatable bonds is 3.